The van der Waals surface area contributed by atoms with E-state index in [4.69, 9.17) is 0 Å². The first-order chi connectivity index (χ1) is 6.66. The summed E-state index contributed by atoms with van der Waals surface area (Å²) in [4.78, 5) is 2.37. The molecule has 1 aliphatic rings. The molecule has 0 aliphatic carbocycles. The molecule has 1 aromatic rings. The fourth-order valence-electron chi connectivity index (χ4n) is 2.08. The van der Waals surface area contributed by atoms with Crippen LogP contribution in [0.3, 0.4) is 0 Å². The van der Waals surface area contributed by atoms with Crippen LogP contribution >= 0.6 is 0 Å². The molecule has 14 heavy (non-hydrogen) atoms. The van der Waals surface area contributed by atoms with Crippen molar-refractivity contribution < 1.29 is 0 Å². The van der Waals surface area contributed by atoms with Gasteiger partial charge in [-0.1, -0.05) is 38.1 Å². The lowest BCUT2D eigenvalue weighted by Crippen LogP contribution is -2.41. The van der Waals surface area contributed by atoms with Crippen molar-refractivity contribution in [1.29, 1.82) is 0 Å². The van der Waals surface area contributed by atoms with Gasteiger partial charge in [-0.15, -0.1) is 0 Å². The summed E-state index contributed by atoms with van der Waals surface area (Å²) >= 11 is 0. The highest BCUT2D eigenvalue weighted by Gasteiger charge is 2.24. The van der Waals surface area contributed by atoms with Gasteiger partial charge in [0.2, 0.25) is 0 Å². The predicted octanol–water partition coefficient (Wildman–Crippen LogP) is 2.84. The lowest BCUT2D eigenvalue weighted by molar-refractivity contribution is 0.189. The van der Waals surface area contributed by atoms with Crippen molar-refractivity contribution >= 4 is 0 Å². The molecule has 0 atom stereocenters. The van der Waals surface area contributed by atoms with Crippen molar-refractivity contribution in [3.8, 4) is 0 Å². The maximum Gasteiger partial charge on any atom is 0.00934 e. The number of likely N-dealkylation sites (tertiary alicyclic amines) is 1. The number of hydrogen-bond donors (Lipinski definition) is 0. The predicted molar refractivity (Wildman–Crippen MR) is 60.8 cm³/mol. The Kier molecular flexibility index (Phi) is 2.60. The van der Waals surface area contributed by atoms with Crippen molar-refractivity contribution in [3.63, 3.8) is 0 Å². The minimum absolute atomic E-state index is 0.646. The van der Waals surface area contributed by atoms with Gasteiger partial charge in [0.1, 0.15) is 0 Å². The van der Waals surface area contributed by atoms with Crippen LogP contribution in [0.2, 0.25) is 0 Å². The van der Waals surface area contributed by atoms with Crippen LogP contribution in [0.15, 0.2) is 24.3 Å². The lowest BCUT2D eigenvalue weighted by atomic mass is 9.89. The zero-order chi connectivity index (χ0) is 10.1. The molecule has 0 aromatic heterocycles. The quantitative estimate of drug-likeness (QED) is 0.691. The van der Waals surface area contributed by atoms with Gasteiger partial charge in [-0.25, -0.2) is 0 Å². The molecule has 0 N–H and O–H groups in total. The van der Waals surface area contributed by atoms with E-state index < -0.39 is 0 Å². The molecule has 1 saturated heterocycles. The fraction of sp³-hybridized carbons (Fsp3) is 0.538. The third-order valence-corrected chi connectivity index (χ3v) is 3.11. The molecule has 76 valence electrons. The third-order valence-electron chi connectivity index (χ3n) is 3.11. The maximum atomic E-state index is 2.38. The van der Waals surface area contributed by atoms with Crippen LogP contribution in [-0.2, 0) is 0 Å². The second-order valence-corrected chi connectivity index (χ2v) is 4.74. The average molecular weight is 189 g/mol. The molecule has 0 saturated carbocycles. The maximum absolute atomic E-state index is 2.38. The monoisotopic (exact) mass is 189 g/mol. The Morgan fingerprint density at radius 3 is 2.57 bits per heavy atom. The molecular weight excluding hydrogens is 170 g/mol. The molecule has 0 bridgehead atoms. The van der Waals surface area contributed by atoms with Crippen LogP contribution in [-0.4, -0.2) is 25.0 Å². The number of hydrogen-bond acceptors (Lipinski definition) is 1. The molecule has 1 nitrogen and oxygen atoms in total. The van der Waals surface area contributed by atoms with E-state index in [9.17, 15) is 0 Å². The molecule has 1 fully saturated rings. The molecule has 0 radical (unpaired) electrons. The molecule has 1 heterocycles. The van der Waals surface area contributed by atoms with E-state index in [1.54, 1.807) is 0 Å². The SMILES string of the molecule is CC(C)c1cccc(C2CN(C)C2)c1. The van der Waals surface area contributed by atoms with E-state index in [1.165, 1.54) is 24.2 Å². The summed E-state index contributed by atoms with van der Waals surface area (Å²) in [6, 6.07) is 9.07. The molecule has 1 aliphatic heterocycles. The first-order valence-corrected chi connectivity index (χ1v) is 5.45. The molecular formula is C13H19N. The standard InChI is InChI=1S/C13H19N/c1-10(2)11-5-4-6-12(7-11)13-8-14(3)9-13/h4-7,10,13H,8-9H2,1-3H3. The van der Waals surface area contributed by atoms with Crippen molar-refractivity contribution in [2.45, 2.75) is 25.7 Å². The van der Waals surface area contributed by atoms with E-state index >= 15 is 0 Å². The summed E-state index contributed by atoms with van der Waals surface area (Å²) in [6.45, 7) is 6.96. The van der Waals surface area contributed by atoms with Crippen molar-refractivity contribution in [1.82, 2.24) is 4.90 Å². The topological polar surface area (TPSA) is 3.24 Å². The van der Waals surface area contributed by atoms with Crippen LogP contribution in [0.5, 0.6) is 0 Å². The highest BCUT2D eigenvalue weighted by atomic mass is 15.2. The lowest BCUT2D eigenvalue weighted by Gasteiger charge is -2.36. The smallest absolute Gasteiger partial charge is 0.00934 e. The Labute approximate surface area is 86.7 Å². The molecule has 0 amide bonds. The third kappa shape index (κ3) is 1.83. The number of rotatable bonds is 2. The summed E-state index contributed by atoms with van der Waals surface area (Å²) in [5, 5.41) is 0. The van der Waals surface area contributed by atoms with E-state index in [1.807, 2.05) is 0 Å². The summed E-state index contributed by atoms with van der Waals surface area (Å²) in [5.74, 6) is 1.42. The van der Waals surface area contributed by atoms with Gasteiger partial charge in [0.25, 0.3) is 0 Å². The first-order valence-electron chi connectivity index (χ1n) is 5.45. The second-order valence-electron chi connectivity index (χ2n) is 4.74. The van der Waals surface area contributed by atoms with Gasteiger partial charge in [-0.3, -0.25) is 0 Å². The van der Waals surface area contributed by atoms with Gasteiger partial charge in [0.05, 0.1) is 0 Å². The Morgan fingerprint density at radius 1 is 1.29 bits per heavy atom. The minimum atomic E-state index is 0.646. The van der Waals surface area contributed by atoms with Gasteiger partial charge in [-0.05, 0) is 24.1 Å². The highest BCUT2D eigenvalue weighted by Crippen LogP contribution is 2.27. The van der Waals surface area contributed by atoms with Crippen LogP contribution in [0.1, 0.15) is 36.8 Å². The largest absolute Gasteiger partial charge is 0.305 e. The van der Waals surface area contributed by atoms with E-state index in [0.717, 1.165) is 5.92 Å². The highest BCUT2D eigenvalue weighted by molar-refractivity contribution is 5.30. The van der Waals surface area contributed by atoms with Crippen molar-refractivity contribution in [2.24, 2.45) is 0 Å². The van der Waals surface area contributed by atoms with E-state index in [2.05, 4.69) is 50.1 Å². The fourth-order valence-corrected chi connectivity index (χ4v) is 2.08. The van der Waals surface area contributed by atoms with Crippen LogP contribution < -0.4 is 0 Å². The number of likely N-dealkylation sites (N-methyl/N-ethyl adjacent to an activating group) is 1. The molecule has 2 rings (SSSR count). The summed E-state index contributed by atoms with van der Waals surface area (Å²) in [6.07, 6.45) is 0. The van der Waals surface area contributed by atoms with Gasteiger partial charge in [-0.2, -0.15) is 0 Å². The zero-order valence-electron chi connectivity index (χ0n) is 9.33. The van der Waals surface area contributed by atoms with Gasteiger partial charge < -0.3 is 4.90 Å². The zero-order valence-corrected chi connectivity index (χ0v) is 9.33. The van der Waals surface area contributed by atoms with Gasteiger partial charge in [0, 0.05) is 19.0 Å². The van der Waals surface area contributed by atoms with Crippen molar-refractivity contribution in [2.75, 3.05) is 20.1 Å². The minimum Gasteiger partial charge on any atom is -0.305 e. The Morgan fingerprint density at radius 2 is 2.00 bits per heavy atom. The summed E-state index contributed by atoms with van der Waals surface area (Å²) in [7, 11) is 2.18. The second kappa shape index (κ2) is 3.74. The molecule has 1 heteroatoms. The Hall–Kier alpha value is -0.820. The average Bonchev–Trinajstić information content (AvgIpc) is 2.13. The summed E-state index contributed by atoms with van der Waals surface area (Å²) < 4.78 is 0. The Bertz CT molecular complexity index is 311. The Balaban J connectivity index is 2.14. The van der Waals surface area contributed by atoms with Crippen molar-refractivity contribution in [3.05, 3.63) is 35.4 Å². The van der Waals surface area contributed by atoms with E-state index in [0.29, 0.717) is 5.92 Å². The molecule has 0 unspecified atom stereocenters. The summed E-state index contributed by atoms with van der Waals surface area (Å²) in [5.41, 5.74) is 2.99. The molecule has 0 spiro atoms. The van der Waals surface area contributed by atoms with Crippen LogP contribution in [0.4, 0.5) is 0 Å². The normalized spacial score (nSPS) is 18.6. The molecule has 1 aromatic carbocycles. The number of benzene rings is 1. The van der Waals surface area contributed by atoms with E-state index in [-0.39, 0.29) is 0 Å². The van der Waals surface area contributed by atoms with Gasteiger partial charge >= 0.3 is 0 Å². The number of nitrogens with zero attached hydrogens (tertiary/aromatic N) is 1. The van der Waals surface area contributed by atoms with Crippen LogP contribution in [0, 0.1) is 0 Å². The van der Waals surface area contributed by atoms with Crippen LogP contribution in [0.25, 0.3) is 0 Å². The first kappa shape index (κ1) is 9.72. The van der Waals surface area contributed by atoms with Gasteiger partial charge in [0.15, 0.2) is 0 Å².